The molecule has 0 aromatic heterocycles. The zero-order chi connectivity index (χ0) is 35.8. The topological polar surface area (TPSA) is 23.8 Å². The fourth-order valence-corrected chi connectivity index (χ4v) is 10.9. The first kappa shape index (κ1) is 32.2. The molecular formula is C49H34BNS2. The molecule has 10 rings (SSSR count). The van der Waals surface area contributed by atoms with Crippen LogP contribution in [0, 0.1) is 11.3 Å². The Labute approximate surface area is 319 Å². The maximum atomic E-state index is 10.5. The van der Waals surface area contributed by atoms with E-state index in [1.165, 1.54) is 74.2 Å². The van der Waals surface area contributed by atoms with E-state index in [-0.39, 0.29) is 12.1 Å². The van der Waals surface area contributed by atoms with Crippen LogP contribution in [0.5, 0.6) is 0 Å². The van der Waals surface area contributed by atoms with Gasteiger partial charge in [-0.05, 0) is 114 Å². The van der Waals surface area contributed by atoms with Gasteiger partial charge in [-0.15, -0.1) is 0 Å². The summed E-state index contributed by atoms with van der Waals surface area (Å²) in [5, 5.41) is 15.3. The second kappa shape index (κ2) is 12.3. The van der Waals surface area contributed by atoms with Gasteiger partial charge in [0.05, 0.1) is 11.6 Å². The van der Waals surface area contributed by atoms with Crippen LogP contribution in [0.15, 0.2) is 171 Å². The molecule has 250 valence electrons. The number of benzene rings is 8. The number of hydrogen-bond acceptors (Lipinski definition) is 3. The Morgan fingerprint density at radius 3 is 1.62 bits per heavy atom. The molecule has 0 bridgehead atoms. The Morgan fingerprint density at radius 1 is 0.472 bits per heavy atom. The van der Waals surface area contributed by atoms with Crippen molar-refractivity contribution in [3.63, 3.8) is 0 Å². The summed E-state index contributed by atoms with van der Waals surface area (Å²) < 4.78 is 0. The smallest absolute Gasteiger partial charge is 0.192 e. The largest absolute Gasteiger partial charge is 0.247 e. The highest BCUT2D eigenvalue weighted by Gasteiger charge is 2.39. The lowest BCUT2D eigenvalue weighted by Crippen LogP contribution is -2.58. The van der Waals surface area contributed by atoms with E-state index in [0.29, 0.717) is 5.56 Å². The van der Waals surface area contributed by atoms with Gasteiger partial charge in [0.2, 0.25) is 6.71 Å². The molecule has 1 nitrogen and oxygen atoms in total. The van der Waals surface area contributed by atoms with Crippen LogP contribution in [-0.4, -0.2) is 6.71 Å². The average Bonchev–Trinajstić information content (AvgIpc) is 3.19. The van der Waals surface area contributed by atoms with E-state index in [4.69, 9.17) is 0 Å². The second-order valence-electron chi connectivity index (χ2n) is 15.2. The van der Waals surface area contributed by atoms with Gasteiger partial charge in [0.25, 0.3) is 0 Å². The Morgan fingerprint density at radius 2 is 1.00 bits per heavy atom. The van der Waals surface area contributed by atoms with Crippen molar-refractivity contribution in [2.24, 2.45) is 0 Å². The van der Waals surface area contributed by atoms with E-state index in [1.54, 1.807) is 0 Å². The molecule has 2 aliphatic heterocycles. The van der Waals surface area contributed by atoms with Crippen molar-refractivity contribution >= 4 is 68.2 Å². The molecule has 0 spiro atoms. The zero-order valence-corrected chi connectivity index (χ0v) is 31.4. The lowest BCUT2D eigenvalue weighted by atomic mass is 9.36. The van der Waals surface area contributed by atoms with Crippen molar-refractivity contribution < 1.29 is 0 Å². The summed E-state index contributed by atoms with van der Waals surface area (Å²) in [4.78, 5) is 5.23. The van der Waals surface area contributed by atoms with E-state index in [0.717, 1.165) is 22.3 Å². The molecule has 8 aromatic carbocycles. The summed E-state index contributed by atoms with van der Waals surface area (Å²) in [7, 11) is 0. The Balaban J connectivity index is 1.19. The normalized spacial score (nSPS) is 13.0. The fourth-order valence-electron chi connectivity index (χ4n) is 8.44. The summed E-state index contributed by atoms with van der Waals surface area (Å²) in [6.07, 6.45) is 0. The predicted molar refractivity (Wildman–Crippen MR) is 227 cm³/mol. The Kier molecular flexibility index (Phi) is 7.48. The van der Waals surface area contributed by atoms with Crippen LogP contribution in [-0.2, 0) is 5.41 Å². The van der Waals surface area contributed by atoms with Crippen molar-refractivity contribution in [1.29, 1.82) is 5.26 Å². The van der Waals surface area contributed by atoms with Gasteiger partial charge in [-0.2, -0.15) is 5.26 Å². The zero-order valence-electron chi connectivity index (χ0n) is 29.8. The molecule has 0 unspecified atom stereocenters. The highest BCUT2D eigenvalue weighted by atomic mass is 32.2. The maximum absolute atomic E-state index is 10.5. The van der Waals surface area contributed by atoms with Crippen LogP contribution in [0.1, 0.15) is 31.9 Å². The molecule has 4 heteroatoms. The SMILES string of the molecule is CC(C)(C)c1ccc2c(c1)B1c3ccccc3Sc3cc(-c4cc(C#N)cc(-c5c6ccccc6c(-c6ccccc6)c6ccccc56)c4)cc(c31)S2. The van der Waals surface area contributed by atoms with E-state index in [9.17, 15) is 5.26 Å². The van der Waals surface area contributed by atoms with Crippen LogP contribution in [0.2, 0.25) is 0 Å². The van der Waals surface area contributed by atoms with E-state index in [1.807, 2.05) is 23.5 Å². The molecule has 0 N–H and O–H groups in total. The van der Waals surface area contributed by atoms with Gasteiger partial charge in [-0.1, -0.05) is 164 Å². The highest BCUT2D eigenvalue weighted by Crippen LogP contribution is 2.46. The highest BCUT2D eigenvalue weighted by molar-refractivity contribution is 8.01. The van der Waals surface area contributed by atoms with Crippen molar-refractivity contribution in [3.05, 3.63) is 163 Å². The fraction of sp³-hybridized carbons (Fsp3) is 0.0816. The summed E-state index contributed by atoms with van der Waals surface area (Å²) >= 11 is 3.77. The molecule has 0 fully saturated rings. The minimum Gasteiger partial charge on any atom is -0.192 e. The number of fused-ring (bicyclic) bond motifs is 6. The third kappa shape index (κ3) is 5.25. The summed E-state index contributed by atoms with van der Waals surface area (Å²) in [5.41, 5.74) is 13.2. The summed E-state index contributed by atoms with van der Waals surface area (Å²) in [5.74, 6) is 0. The summed E-state index contributed by atoms with van der Waals surface area (Å²) in [6.45, 7) is 7.09. The third-order valence-corrected chi connectivity index (χ3v) is 13.2. The molecule has 2 heterocycles. The quantitative estimate of drug-likeness (QED) is 0.135. The van der Waals surface area contributed by atoms with Crippen LogP contribution in [0.3, 0.4) is 0 Å². The van der Waals surface area contributed by atoms with Crippen molar-refractivity contribution in [2.45, 2.75) is 45.8 Å². The molecule has 0 atom stereocenters. The van der Waals surface area contributed by atoms with Gasteiger partial charge in [-0.25, -0.2) is 0 Å². The van der Waals surface area contributed by atoms with Gasteiger partial charge >= 0.3 is 0 Å². The molecule has 0 saturated carbocycles. The lowest BCUT2D eigenvalue weighted by Gasteiger charge is -2.34. The molecule has 0 aliphatic carbocycles. The van der Waals surface area contributed by atoms with Gasteiger partial charge < -0.3 is 0 Å². The third-order valence-electron chi connectivity index (χ3n) is 10.9. The maximum Gasteiger partial charge on any atom is 0.247 e. The van der Waals surface area contributed by atoms with Crippen LogP contribution in [0.4, 0.5) is 0 Å². The van der Waals surface area contributed by atoms with Crippen LogP contribution < -0.4 is 16.4 Å². The van der Waals surface area contributed by atoms with Crippen LogP contribution in [0.25, 0.3) is 54.9 Å². The molecule has 0 saturated heterocycles. The number of nitrogens with zero attached hydrogens (tertiary/aromatic N) is 1. The summed E-state index contributed by atoms with van der Waals surface area (Å²) in [6, 6.07) is 57.9. The standard InChI is InChI=1S/C49H34BNS2/c1-49(2,3)35-21-22-43-41(28-35)50-40-19-11-12-20-42(40)52-44-26-33(27-45(53-43)48(44)50)32-23-30(29-51)24-34(25-32)47-38-17-9-7-15-36(38)46(31-13-5-4-6-14-31)37-16-8-10-18-39(37)47/h4-28H,1-3H3. The second-order valence-corrected chi connectivity index (χ2v) is 17.3. The van der Waals surface area contributed by atoms with Crippen molar-refractivity contribution in [1.82, 2.24) is 0 Å². The van der Waals surface area contributed by atoms with Gasteiger partial charge in [0.1, 0.15) is 0 Å². The molecule has 8 aromatic rings. The Bertz CT molecular complexity index is 2770. The molecule has 2 aliphatic rings. The Hall–Kier alpha value is -5.47. The first-order valence-electron chi connectivity index (χ1n) is 18.2. The predicted octanol–water partition coefficient (Wildman–Crippen LogP) is 11.6. The minimum absolute atomic E-state index is 0.0670. The van der Waals surface area contributed by atoms with Gasteiger partial charge in [-0.3, -0.25) is 0 Å². The van der Waals surface area contributed by atoms with Gasteiger partial charge in [0, 0.05) is 19.6 Å². The molecule has 0 amide bonds. The molecular weight excluding hydrogens is 677 g/mol. The van der Waals surface area contributed by atoms with E-state index in [2.05, 4.69) is 178 Å². The first-order chi connectivity index (χ1) is 25.9. The lowest BCUT2D eigenvalue weighted by molar-refractivity contribution is 0.590. The minimum atomic E-state index is 0.0670. The van der Waals surface area contributed by atoms with Gasteiger partial charge in [0.15, 0.2) is 0 Å². The number of nitriles is 1. The van der Waals surface area contributed by atoms with Crippen LogP contribution >= 0.6 is 23.5 Å². The number of rotatable bonds is 3. The van der Waals surface area contributed by atoms with E-state index < -0.39 is 0 Å². The average molecular weight is 712 g/mol. The first-order valence-corrected chi connectivity index (χ1v) is 19.8. The van der Waals surface area contributed by atoms with Crippen molar-refractivity contribution in [3.8, 4) is 39.4 Å². The van der Waals surface area contributed by atoms with E-state index >= 15 is 0 Å². The number of hydrogen-bond donors (Lipinski definition) is 0. The van der Waals surface area contributed by atoms with Crippen molar-refractivity contribution in [2.75, 3.05) is 0 Å². The molecule has 0 radical (unpaired) electrons. The monoisotopic (exact) mass is 711 g/mol. The molecule has 53 heavy (non-hydrogen) atoms.